The average molecular weight is 287 g/mol. The van der Waals surface area contributed by atoms with Crippen LogP contribution < -0.4 is 4.90 Å². The minimum absolute atomic E-state index is 0.275. The van der Waals surface area contributed by atoms with Gasteiger partial charge in [0.1, 0.15) is 6.29 Å². The van der Waals surface area contributed by atoms with E-state index in [4.69, 9.17) is 4.52 Å². The van der Waals surface area contributed by atoms with Gasteiger partial charge in [0.05, 0.1) is 5.39 Å². The van der Waals surface area contributed by atoms with E-state index in [0.29, 0.717) is 0 Å². The summed E-state index contributed by atoms with van der Waals surface area (Å²) in [6.07, 6.45) is 1.05. The van der Waals surface area contributed by atoms with Crippen LogP contribution in [0.15, 0.2) is 28.8 Å². The first-order valence-electron chi connectivity index (χ1n) is 7.37. The predicted octanol–water partition coefficient (Wildman–Crippen LogP) is 2.17. The second kappa shape index (κ2) is 5.48. The summed E-state index contributed by atoms with van der Waals surface area (Å²) >= 11 is 0. The van der Waals surface area contributed by atoms with Crippen LogP contribution in [0.2, 0.25) is 0 Å². The average Bonchev–Trinajstić information content (AvgIpc) is 2.92. The molecule has 1 aromatic heterocycles. The number of carbonyl (C=O) groups excluding carboxylic acids is 1. The van der Waals surface area contributed by atoms with Crippen LogP contribution in [0.5, 0.6) is 0 Å². The van der Waals surface area contributed by atoms with Crippen LogP contribution in [-0.2, 0) is 4.79 Å². The molecule has 3 rings (SSSR count). The third-order valence-corrected chi connectivity index (χ3v) is 3.98. The number of benzene rings is 1. The Bertz CT molecular complexity index is 627. The maximum absolute atomic E-state index is 11.0. The molecular formula is C16H21N3O2. The lowest BCUT2D eigenvalue weighted by molar-refractivity contribution is -0.115. The summed E-state index contributed by atoms with van der Waals surface area (Å²) in [7, 11) is 0. The monoisotopic (exact) mass is 287 g/mol. The lowest BCUT2D eigenvalue weighted by atomic mass is 9.95. The second-order valence-corrected chi connectivity index (χ2v) is 6.37. The minimum atomic E-state index is -0.275. The summed E-state index contributed by atoms with van der Waals surface area (Å²) in [6, 6.07) is 7.94. The van der Waals surface area contributed by atoms with Gasteiger partial charge in [-0.2, -0.15) is 0 Å². The summed E-state index contributed by atoms with van der Waals surface area (Å²) in [4.78, 5) is 15.6. The smallest absolute Gasteiger partial charge is 0.180 e. The molecule has 0 unspecified atom stereocenters. The third-order valence-electron chi connectivity index (χ3n) is 3.98. The number of para-hydroxylation sites is 1. The van der Waals surface area contributed by atoms with Crippen molar-refractivity contribution in [2.45, 2.75) is 13.8 Å². The maximum Gasteiger partial charge on any atom is 0.180 e. The molecule has 5 nitrogen and oxygen atoms in total. The highest BCUT2D eigenvalue weighted by atomic mass is 16.5. The molecule has 0 amide bonds. The van der Waals surface area contributed by atoms with Crippen LogP contribution in [0.1, 0.15) is 13.8 Å². The van der Waals surface area contributed by atoms with E-state index < -0.39 is 0 Å². The van der Waals surface area contributed by atoms with Gasteiger partial charge in [0.15, 0.2) is 11.4 Å². The van der Waals surface area contributed by atoms with E-state index in [0.717, 1.165) is 55.8 Å². The molecule has 2 aromatic rings. The Kier molecular flexibility index (Phi) is 3.68. The van der Waals surface area contributed by atoms with E-state index in [1.807, 2.05) is 38.1 Å². The summed E-state index contributed by atoms with van der Waals surface area (Å²) in [6.45, 7) is 8.48. The van der Waals surface area contributed by atoms with Crippen LogP contribution in [0.25, 0.3) is 11.0 Å². The van der Waals surface area contributed by atoms with Crippen molar-refractivity contribution in [3.8, 4) is 0 Å². The van der Waals surface area contributed by atoms with Crippen molar-refractivity contribution >= 4 is 23.1 Å². The van der Waals surface area contributed by atoms with Gasteiger partial charge in [-0.05, 0) is 12.1 Å². The number of aldehydes is 1. The van der Waals surface area contributed by atoms with Crippen LogP contribution in [0.4, 0.5) is 5.82 Å². The van der Waals surface area contributed by atoms with Gasteiger partial charge >= 0.3 is 0 Å². The van der Waals surface area contributed by atoms with E-state index in [1.165, 1.54) is 0 Å². The fourth-order valence-electron chi connectivity index (χ4n) is 2.83. The highest BCUT2D eigenvalue weighted by Crippen LogP contribution is 2.26. The number of fused-ring (bicyclic) bond motifs is 1. The quantitative estimate of drug-likeness (QED) is 0.807. The Labute approximate surface area is 124 Å². The molecule has 0 spiro atoms. The number of anilines is 1. The van der Waals surface area contributed by atoms with Crippen molar-refractivity contribution in [1.29, 1.82) is 0 Å². The predicted molar refractivity (Wildman–Crippen MR) is 82.5 cm³/mol. The first-order valence-corrected chi connectivity index (χ1v) is 7.37. The largest absolute Gasteiger partial charge is 0.354 e. The lowest BCUT2D eigenvalue weighted by Crippen LogP contribution is -2.49. The number of hydrogen-bond donors (Lipinski definition) is 0. The fourth-order valence-corrected chi connectivity index (χ4v) is 2.83. The Hall–Kier alpha value is -1.88. The molecule has 1 aliphatic heterocycles. The van der Waals surface area contributed by atoms with Crippen LogP contribution in [0, 0.1) is 5.41 Å². The van der Waals surface area contributed by atoms with Crippen molar-refractivity contribution in [1.82, 2.24) is 10.1 Å². The molecule has 2 heterocycles. The normalized spacial score (nSPS) is 17.3. The first-order chi connectivity index (χ1) is 10.1. The molecular weight excluding hydrogens is 266 g/mol. The zero-order chi connectivity index (χ0) is 14.9. The molecule has 1 saturated heterocycles. The molecule has 0 aliphatic carbocycles. The number of nitrogens with zero attached hydrogens (tertiary/aromatic N) is 3. The SMILES string of the molecule is CC(C)(C=O)CN1CCN(c2noc3ccccc23)CC1. The van der Waals surface area contributed by atoms with Gasteiger partial charge in [-0.1, -0.05) is 31.1 Å². The molecule has 0 N–H and O–H groups in total. The van der Waals surface area contributed by atoms with Crippen LogP contribution >= 0.6 is 0 Å². The van der Waals surface area contributed by atoms with E-state index >= 15 is 0 Å². The Balaban J connectivity index is 1.67. The Morgan fingerprint density at radius 1 is 1.24 bits per heavy atom. The lowest BCUT2D eigenvalue weighted by Gasteiger charge is -2.37. The highest BCUT2D eigenvalue weighted by Gasteiger charge is 2.26. The summed E-state index contributed by atoms with van der Waals surface area (Å²) in [5, 5.41) is 5.28. The van der Waals surface area contributed by atoms with E-state index in [9.17, 15) is 4.79 Å². The van der Waals surface area contributed by atoms with Crippen LogP contribution in [-0.4, -0.2) is 49.1 Å². The zero-order valence-corrected chi connectivity index (χ0v) is 12.6. The molecule has 1 aliphatic rings. The molecule has 0 atom stereocenters. The molecule has 1 fully saturated rings. The fraction of sp³-hybridized carbons (Fsp3) is 0.500. The van der Waals surface area contributed by atoms with Crippen molar-refractivity contribution in [2.75, 3.05) is 37.6 Å². The standard InChI is InChI=1S/C16H21N3O2/c1-16(2,12-20)11-18-7-9-19(10-8-18)15-13-5-3-4-6-14(13)21-17-15/h3-6,12H,7-11H2,1-2H3. The van der Waals surface area contributed by atoms with Crippen molar-refractivity contribution in [2.24, 2.45) is 5.41 Å². The van der Waals surface area contributed by atoms with Gasteiger partial charge in [0.2, 0.25) is 0 Å². The van der Waals surface area contributed by atoms with Gasteiger partial charge in [-0.15, -0.1) is 0 Å². The topological polar surface area (TPSA) is 49.6 Å². The summed E-state index contributed by atoms with van der Waals surface area (Å²) < 4.78 is 5.38. The first kappa shape index (κ1) is 14.1. The maximum atomic E-state index is 11.0. The summed E-state index contributed by atoms with van der Waals surface area (Å²) in [5.41, 5.74) is 0.556. The number of rotatable bonds is 4. The minimum Gasteiger partial charge on any atom is -0.354 e. The number of hydrogen-bond acceptors (Lipinski definition) is 5. The van der Waals surface area contributed by atoms with E-state index in [2.05, 4.69) is 15.0 Å². The van der Waals surface area contributed by atoms with Gasteiger partial charge in [0, 0.05) is 38.1 Å². The molecule has 0 saturated carbocycles. The Morgan fingerprint density at radius 3 is 2.67 bits per heavy atom. The highest BCUT2D eigenvalue weighted by molar-refractivity contribution is 5.88. The van der Waals surface area contributed by atoms with Crippen molar-refractivity contribution < 1.29 is 9.32 Å². The molecule has 21 heavy (non-hydrogen) atoms. The number of carbonyl (C=O) groups is 1. The molecule has 1 aromatic carbocycles. The number of aromatic nitrogens is 1. The Morgan fingerprint density at radius 2 is 1.95 bits per heavy atom. The second-order valence-electron chi connectivity index (χ2n) is 6.37. The summed E-state index contributed by atoms with van der Waals surface area (Å²) in [5.74, 6) is 0.930. The molecule has 5 heteroatoms. The third kappa shape index (κ3) is 2.93. The number of piperazine rings is 1. The zero-order valence-electron chi connectivity index (χ0n) is 12.6. The molecule has 0 radical (unpaired) electrons. The van der Waals surface area contributed by atoms with Crippen LogP contribution in [0.3, 0.4) is 0 Å². The van der Waals surface area contributed by atoms with Crippen molar-refractivity contribution in [3.05, 3.63) is 24.3 Å². The molecule has 112 valence electrons. The van der Waals surface area contributed by atoms with Gasteiger partial charge in [-0.3, -0.25) is 4.90 Å². The van der Waals surface area contributed by atoms with Gasteiger partial charge in [-0.25, -0.2) is 0 Å². The van der Waals surface area contributed by atoms with E-state index in [-0.39, 0.29) is 5.41 Å². The van der Waals surface area contributed by atoms with Gasteiger partial charge < -0.3 is 14.2 Å². The van der Waals surface area contributed by atoms with E-state index in [1.54, 1.807) is 0 Å². The molecule has 0 bridgehead atoms. The van der Waals surface area contributed by atoms with Crippen molar-refractivity contribution in [3.63, 3.8) is 0 Å². The van der Waals surface area contributed by atoms with Gasteiger partial charge in [0.25, 0.3) is 0 Å².